The van der Waals surface area contributed by atoms with Gasteiger partial charge in [-0.1, -0.05) is 18.9 Å². The van der Waals surface area contributed by atoms with Gasteiger partial charge >= 0.3 is 24.4 Å². The van der Waals surface area contributed by atoms with E-state index in [1.165, 1.54) is 0 Å². The molecule has 0 aromatic heterocycles. The summed E-state index contributed by atoms with van der Waals surface area (Å²) in [5.74, 6) is -0.375. The Bertz CT molecular complexity index is 1080. The maximum absolute atomic E-state index is 13.4. The molecule has 3 rings (SSSR count). The monoisotopic (exact) mass is 563 g/mol. The SMILES string of the molecule is CC(C)(C)OC(=O)C1(c2cc(C#N)ccc2CN2CCN(C(=O)OC(C(F)(F)F)C(F)(F)F)CC2)CCCC1. The summed E-state index contributed by atoms with van der Waals surface area (Å²) in [6.45, 7) is 5.62. The van der Waals surface area contributed by atoms with Crippen LogP contribution in [0.1, 0.15) is 63.1 Å². The quantitative estimate of drug-likeness (QED) is 0.350. The van der Waals surface area contributed by atoms with Crippen molar-refractivity contribution in [3.8, 4) is 6.07 Å². The molecule has 1 aliphatic carbocycles. The predicted octanol–water partition coefficient (Wildman–Crippen LogP) is 5.46. The van der Waals surface area contributed by atoms with Crippen molar-refractivity contribution in [3.05, 3.63) is 34.9 Å². The van der Waals surface area contributed by atoms with Gasteiger partial charge in [-0.05, 0) is 56.9 Å². The maximum Gasteiger partial charge on any atom is 0.434 e. The Hall–Kier alpha value is -3.01. The molecule has 1 aromatic carbocycles. The molecular weight excluding hydrogens is 532 g/mol. The molecule has 216 valence electrons. The first-order valence-electron chi connectivity index (χ1n) is 12.5. The molecule has 0 bridgehead atoms. The Balaban J connectivity index is 1.76. The van der Waals surface area contributed by atoms with E-state index in [1.54, 1.807) is 39.0 Å². The van der Waals surface area contributed by atoms with E-state index in [1.807, 2.05) is 4.90 Å². The summed E-state index contributed by atoms with van der Waals surface area (Å²) in [5.41, 5.74) is 0.146. The number of halogens is 6. The van der Waals surface area contributed by atoms with Gasteiger partial charge in [-0.3, -0.25) is 9.69 Å². The lowest BCUT2D eigenvalue weighted by molar-refractivity contribution is -0.308. The number of hydrogen-bond donors (Lipinski definition) is 0. The van der Waals surface area contributed by atoms with E-state index in [2.05, 4.69) is 10.8 Å². The van der Waals surface area contributed by atoms with Crippen molar-refractivity contribution in [1.29, 1.82) is 5.26 Å². The predicted molar refractivity (Wildman–Crippen MR) is 126 cm³/mol. The van der Waals surface area contributed by atoms with Crippen LogP contribution in [0.25, 0.3) is 0 Å². The van der Waals surface area contributed by atoms with Crippen LogP contribution in [0.3, 0.4) is 0 Å². The number of ether oxygens (including phenoxy) is 2. The molecule has 13 heteroatoms. The molecular formula is C26H31F6N3O4. The molecule has 1 amide bonds. The maximum atomic E-state index is 13.4. The highest BCUT2D eigenvalue weighted by atomic mass is 19.4. The lowest BCUT2D eigenvalue weighted by atomic mass is 9.75. The molecule has 0 atom stereocenters. The van der Waals surface area contributed by atoms with Gasteiger partial charge in [0, 0.05) is 32.7 Å². The molecule has 1 heterocycles. The molecule has 39 heavy (non-hydrogen) atoms. The topological polar surface area (TPSA) is 82.9 Å². The summed E-state index contributed by atoms with van der Waals surface area (Å²) in [5, 5.41) is 9.50. The second-order valence-corrected chi connectivity index (χ2v) is 10.9. The van der Waals surface area contributed by atoms with E-state index in [4.69, 9.17) is 4.74 Å². The molecule has 1 aromatic rings. The molecule has 0 radical (unpaired) electrons. The van der Waals surface area contributed by atoms with Crippen molar-refractivity contribution in [2.24, 2.45) is 0 Å². The minimum absolute atomic E-state index is 0.149. The van der Waals surface area contributed by atoms with Gasteiger partial charge in [0.15, 0.2) is 0 Å². The lowest BCUT2D eigenvalue weighted by Gasteiger charge is -2.37. The van der Waals surface area contributed by atoms with Crippen LogP contribution in [0.5, 0.6) is 0 Å². The van der Waals surface area contributed by atoms with E-state index in [9.17, 15) is 41.2 Å². The molecule has 1 saturated carbocycles. The smallest absolute Gasteiger partial charge is 0.434 e. The van der Waals surface area contributed by atoms with Crippen LogP contribution in [0.15, 0.2) is 18.2 Å². The van der Waals surface area contributed by atoms with Gasteiger partial charge in [0.1, 0.15) is 5.60 Å². The number of esters is 1. The van der Waals surface area contributed by atoms with E-state index >= 15 is 0 Å². The molecule has 1 aliphatic heterocycles. The average Bonchev–Trinajstić information content (AvgIpc) is 3.32. The molecule has 2 aliphatic rings. The average molecular weight is 564 g/mol. The first-order chi connectivity index (χ1) is 18.0. The Labute approximate surface area is 222 Å². The number of piperazine rings is 1. The number of alkyl halides is 6. The van der Waals surface area contributed by atoms with Crippen LogP contribution in [0.2, 0.25) is 0 Å². The zero-order chi connectivity index (χ0) is 29.2. The van der Waals surface area contributed by atoms with Crippen LogP contribution in [0, 0.1) is 11.3 Å². The third-order valence-electron chi connectivity index (χ3n) is 6.84. The van der Waals surface area contributed by atoms with Crippen LogP contribution in [0.4, 0.5) is 31.1 Å². The summed E-state index contributed by atoms with van der Waals surface area (Å²) < 4.78 is 86.2. The van der Waals surface area contributed by atoms with Gasteiger partial charge in [-0.2, -0.15) is 31.6 Å². The number of hydrogen-bond acceptors (Lipinski definition) is 6. The van der Waals surface area contributed by atoms with E-state index in [0.29, 0.717) is 30.5 Å². The van der Waals surface area contributed by atoms with E-state index in [-0.39, 0.29) is 32.1 Å². The first-order valence-corrected chi connectivity index (χ1v) is 12.5. The van der Waals surface area contributed by atoms with Crippen molar-refractivity contribution in [1.82, 2.24) is 9.80 Å². The van der Waals surface area contributed by atoms with Crippen LogP contribution < -0.4 is 0 Å². The van der Waals surface area contributed by atoms with E-state index < -0.39 is 35.6 Å². The van der Waals surface area contributed by atoms with Gasteiger partial charge in [-0.15, -0.1) is 0 Å². The van der Waals surface area contributed by atoms with Gasteiger partial charge in [0.05, 0.1) is 17.0 Å². The third kappa shape index (κ3) is 7.35. The minimum Gasteiger partial charge on any atom is -0.459 e. The molecule has 1 saturated heterocycles. The highest BCUT2D eigenvalue weighted by molar-refractivity contribution is 5.84. The lowest BCUT2D eigenvalue weighted by Crippen LogP contribution is -2.52. The van der Waals surface area contributed by atoms with Gasteiger partial charge in [0.25, 0.3) is 6.10 Å². The van der Waals surface area contributed by atoms with Gasteiger partial charge < -0.3 is 14.4 Å². The molecule has 7 nitrogen and oxygen atoms in total. The highest BCUT2D eigenvalue weighted by Gasteiger charge is 2.60. The van der Waals surface area contributed by atoms with Crippen LogP contribution in [-0.4, -0.2) is 72.1 Å². The molecule has 0 spiro atoms. The Morgan fingerprint density at radius 1 is 1.00 bits per heavy atom. The molecule has 0 unspecified atom stereocenters. The number of nitrogens with zero attached hydrogens (tertiary/aromatic N) is 3. The summed E-state index contributed by atoms with van der Waals surface area (Å²) in [7, 11) is 0. The molecule has 2 fully saturated rings. The van der Waals surface area contributed by atoms with Crippen molar-refractivity contribution in [3.63, 3.8) is 0 Å². The summed E-state index contributed by atoms with van der Waals surface area (Å²) in [4.78, 5) is 28.2. The Morgan fingerprint density at radius 2 is 1.56 bits per heavy atom. The number of carbonyl (C=O) groups excluding carboxylic acids is 2. The number of carbonyl (C=O) groups is 2. The first kappa shape index (κ1) is 30.5. The van der Waals surface area contributed by atoms with Crippen molar-refractivity contribution >= 4 is 12.1 Å². The fourth-order valence-corrected chi connectivity index (χ4v) is 4.99. The van der Waals surface area contributed by atoms with Gasteiger partial charge in [0.2, 0.25) is 0 Å². The minimum atomic E-state index is -5.79. The van der Waals surface area contributed by atoms with Crippen LogP contribution in [-0.2, 0) is 26.2 Å². The fourth-order valence-electron chi connectivity index (χ4n) is 4.99. The Morgan fingerprint density at radius 3 is 2.05 bits per heavy atom. The normalized spacial score (nSPS) is 18.6. The second kappa shape index (κ2) is 11.2. The number of benzene rings is 1. The van der Waals surface area contributed by atoms with Crippen molar-refractivity contribution < 1.29 is 45.4 Å². The summed E-state index contributed by atoms with van der Waals surface area (Å²) >= 11 is 0. The summed E-state index contributed by atoms with van der Waals surface area (Å²) in [6.07, 6.45) is -14.8. The molecule has 0 N–H and O–H groups in total. The van der Waals surface area contributed by atoms with Crippen molar-refractivity contribution in [2.75, 3.05) is 26.2 Å². The van der Waals surface area contributed by atoms with Gasteiger partial charge in [-0.25, -0.2) is 4.79 Å². The standard InChI is InChI=1S/C26H31F6N3O4/c1-23(2,3)39-21(36)24(8-4-5-9-24)19-14-17(15-33)6-7-18(19)16-34-10-12-35(13-11-34)22(37)38-20(25(27,28)29)26(30,31)32/h6-7,14,20H,4-5,8-13,16H2,1-3H3. The number of nitriles is 1. The number of amides is 1. The number of rotatable bonds is 5. The fraction of sp³-hybridized carbons (Fsp3) is 0.654. The van der Waals surface area contributed by atoms with Crippen molar-refractivity contribution in [2.45, 2.75) is 82.5 Å². The van der Waals surface area contributed by atoms with Crippen LogP contribution >= 0.6 is 0 Å². The zero-order valence-corrected chi connectivity index (χ0v) is 21.9. The van der Waals surface area contributed by atoms with E-state index in [0.717, 1.165) is 23.3 Å². The Kier molecular flexibility index (Phi) is 8.79. The highest BCUT2D eigenvalue weighted by Crippen LogP contribution is 2.45. The summed E-state index contributed by atoms with van der Waals surface area (Å²) in [6, 6.07) is 7.15. The second-order valence-electron chi connectivity index (χ2n) is 10.9. The largest absolute Gasteiger partial charge is 0.459 e. The third-order valence-corrected chi connectivity index (χ3v) is 6.84. The zero-order valence-electron chi connectivity index (χ0n) is 21.9.